The van der Waals surface area contributed by atoms with Crippen molar-refractivity contribution >= 4 is 0 Å². The summed E-state index contributed by atoms with van der Waals surface area (Å²) in [6, 6.07) is 7.27. The number of halogens is 1. The molecule has 0 fully saturated rings. The number of nitrogens with zero attached hydrogens (tertiary/aromatic N) is 2. The minimum Gasteiger partial charge on any atom is -0.479 e. The highest BCUT2D eigenvalue weighted by Crippen LogP contribution is 2.15. The minimum absolute atomic E-state index is 0.0377. The predicted octanol–water partition coefficient (Wildman–Crippen LogP) is 1.60. The van der Waals surface area contributed by atoms with Crippen LogP contribution in [0, 0.1) is 28.5 Å². The van der Waals surface area contributed by atoms with Crippen LogP contribution in [0.1, 0.15) is 5.56 Å². The van der Waals surface area contributed by atoms with Gasteiger partial charge in [0.25, 0.3) is 0 Å². The quantitative estimate of drug-likeness (QED) is 0.687. The van der Waals surface area contributed by atoms with E-state index >= 15 is 0 Å². The zero-order valence-electron chi connectivity index (χ0n) is 6.62. The molecule has 4 heteroatoms. The van der Waals surface area contributed by atoms with E-state index in [1.165, 1.54) is 12.1 Å². The third-order valence-corrected chi connectivity index (χ3v) is 1.36. The number of nitriles is 2. The lowest BCUT2D eigenvalue weighted by Crippen LogP contribution is -1.94. The van der Waals surface area contributed by atoms with Crippen molar-refractivity contribution < 1.29 is 9.13 Å². The van der Waals surface area contributed by atoms with Gasteiger partial charge in [-0.15, -0.1) is 0 Å². The van der Waals surface area contributed by atoms with E-state index in [4.69, 9.17) is 15.3 Å². The van der Waals surface area contributed by atoms with Crippen LogP contribution in [0.25, 0.3) is 0 Å². The Morgan fingerprint density at radius 1 is 1.38 bits per heavy atom. The minimum atomic E-state index is -0.641. The molecule has 3 nitrogen and oxygen atoms in total. The molecule has 0 bridgehead atoms. The summed E-state index contributed by atoms with van der Waals surface area (Å²) in [4.78, 5) is 0. The van der Waals surface area contributed by atoms with E-state index in [9.17, 15) is 4.39 Å². The van der Waals surface area contributed by atoms with Gasteiger partial charge in [-0.1, -0.05) is 0 Å². The molecule has 1 aromatic rings. The standard InChI is InChI=1S/C9H5FN2O/c10-9-5-8(13-4-3-11)2-1-7(9)6-12/h1-2,5H,4H2. The number of hydrogen-bond acceptors (Lipinski definition) is 3. The first-order valence-electron chi connectivity index (χ1n) is 3.47. The summed E-state index contributed by atoms with van der Waals surface area (Å²) in [5.74, 6) is -0.393. The van der Waals surface area contributed by atoms with Gasteiger partial charge in [0.2, 0.25) is 0 Å². The Labute approximate surface area is 74.6 Å². The van der Waals surface area contributed by atoms with Gasteiger partial charge in [0.15, 0.2) is 6.61 Å². The van der Waals surface area contributed by atoms with Gasteiger partial charge in [0.1, 0.15) is 23.7 Å². The number of benzene rings is 1. The lowest BCUT2D eigenvalue weighted by Gasteiger charge is -2.00. The molecule has 0 aliphatic carbocycles. The van der Waals surface area contributed by atoms with Crippen molar-refractivity contribution in [2.75, 3.05) is 6.61 Å². The lowest BCUT2D eigenvalue weighted by molar-refractivity contribution is 0.365. The van der Waals surface area contributed by atoms with E-state index in [2.05, 4.69) is 0 Å². The molecule has 0 aliphatic heterocycles. The molecule has 0 radical (unpaired) electrons. The molecule has 13 heavy (non-hydrogen) atoms. The summed E-state index contributed by atoms with van der Waals surface area (Å²) in [6.45, 7) is -0.134. The molecule has 1 rings (SSSR count). The fraction of sp³-hybridized carbons (Fsp3) is 0.111. The topological polar surface area (TPSA) is 56.8 Å². The van der Waals surface area contributed by atoms with E-state index in [0.717, 1.165) is 6.07 Å². The lowest BCUT2D eigenvalue weighted by atomic mass is 10.2. The summed E-state index contributed by atoms with van der Waals surface area (Å²) in [5, 5.41) is 16.6. The highest BCUT2D eigenvalue weighted by molar-refractivity contribution is 5.36. The van der Waals surface area contributed by atoms with Gasteiger partial charge in [-0.25, -0.2) is 4.39 Å². The van der Waals surface area contributed by atoms with Crippen molar-refractivity contribution in [2.45, 2.75) is 0 Å². The smallest absolute Gasteiger partial charge is 0.174 e. The van der Waals surface area contributed by atoms with E-state index in [1.807, 2.05) is 0 Å². The molecular weight excluding hydrogens is 171 g/mol. The Morgan fingerprint density at radius 2 is 2.15 bits per heavy atom. The molecule has 0 unspecified atom stereocenters. The second-order valence-electron chi connectivity index (χ2n) is 2.20. The maximum absolute atomic E-state index is 12.9. The number of hydrogen-bond donors (Lipinski definition) is 0. The molecule has 0 saturated heterocycles. The zero-order chi connectivity index (χ0) is 9.68. The molecule has 0 aromatic heterocycles. The first kappa shape index (κ1) is 9.02. The average Bonchev–Trinajstić information content (AvgIpc) is 2.15. The zero-order valence-corrected chi connectivity index (χ0v) is 6.62. The van der Waals surface area contributed by atoms with Crippen LogP contribution in [0.4, 0.5) is 4.39 Å². The molecule has 0 N–H and O–H groups in total. The summed E-state index contributed by atoms with van der Waals surface area (Å²) in [5.41, 5.74) is -0.0377. The van der Waals surface area contributed by atoms with Crippen molar-refractivity contribution in [3.05, 3.63) is 29.6 Å². The van der Waals surface area contributed by atoms with Crippen molar-refractivity contribution in [3.63, 3.8) is 0 Å². The Hall–Kier alpha value is -2.07. The molecule has 0 aliphatic rings. The first-order valence-corrected chi connectivity index (χ1v) is 3.47. The van der Waals surface area contributed by atoms with E-state index in [-0.39, 0.29) is 17.9 Å². The molecule has 0 saturated carbocycles. The van der Waals surface area contributed by atoms with Crippen LogP contribution >= 0.6 is 0 Å². The summed E-state index contributed by atoms with van der Waals surface area (Å²) < 4.78 is 17.7. The van der Waals surface area contributed by atoms with Crippen molar-refractivity contribution in [3.8, 4) is 17.9 Å². The fourth-order valence-corrected chi connectivity index (χ4v) is 0.792. The Bertz CT molecular complexity index is 390. The van der Waals surface area contributed by atoms with E-state index < -0.39 is 5.82 Å². The highest BCUT2D eigenvalue weighted by Gasteiger charge is 2.02. The number of ether oxygens (including phenoxy) is 1. The molecule has 0 heterocycles. The average molecular weight is 176 g/mol. The normalized spacial score (nSPS) is 8.54. The second kappa shape index (κ2) is 4.08. The van der Waals surface area contributed by atoms with Gasteiger partial charge in [-0.2, -0.15) is 10.5 Å². The maximum atomic E-state index is 12.9. The fourth-order valence-electron chi connectivity index (χ4n) is 0.792. The predicted molar refractivity (Wildman–Crippen MR) is 42.2 cm³/mol. The highest BCUT2D eigenvalue weighted by atomic mass is 19.1. The SMILES string of the molecule is N#CCOc1ccc(C#N)c(F)c1. The first-order chi connectivity index (χ1) is 6.27. The van der Waals surface area contributed by atoms with Gasteiger partial charge in [-0.3, -0.25) is 0 Å². The second-order valence-corrected chi connectivity index (χ2v) is 2.20. The van der Waals surface area contributed by atoms with Gasteiger partial charge in [-0.05, 0) is 12.1 Å². The van der Waals surface area contributed by atoms with Gasteiger partial charge < -0.3 is 4.74 Å². The summed E-state index contributed by atoms with van der Waals surface area (Å²) in [7, 11) is 0. The maximum Gasteiger partial charge on any atom is 0.174 e. The van der Waals surface area contributed by atoms with Crippen LogP contribution in [0.15, 0.2) is 18.2 Å². The Morgan fingerprint density at radius 3 is 2.69 bits per heavy atom. The summed E-state index contributed by atoms with van der Waals surface area (Å²) in [6.07, 6.45) is 0. The van der Waals surface area contributed by atoms with Crippen molar-refractivity contribution in [1.29, 1.82) is 10.5 Å². The van der Waals surface area contributed by atoms with Crippen LogP contribution in [-0.2, 0) is 0 Å². The van der Waals surface area contributed by atoms with Gasteiger partial charge in [0.05, 0.1) is 5.56 Å². The molecule has 0 amide bonds. The monoisotopic (exact) mass is 176 g/mol. The number of rotatable bonds is 2. The van der Waals surface area contributed by atoms with Crippen LogP contribution in [0.3, 0.4) is 0 Å². The van der Waals surface area contributed by atoms with Gasteiger partial charge in [0, 0.05) is 6.07 Å². The Balaban J connectivity index is 2.86. The van der Waals surface area contributed by atoms with Crippen molar-refractivity contribution in [2.24, 2.45) is 0 Å². The molecule has 0 spiro atoms. The van der Waals surface area contributed by atoms with Crippen LogP contribution < -0.4 is 4.74 Å². The molecule has 64 valence electrons. The third kappa shape index (κ3) is 2.18. The van der Waals surface area contributed by atoms with E-state index in [1.54, 1.807) is 12.1 Å². The Kier molecular flexibility index (Phi) is 2.83. The van der Waals surface area contributed by atoms with E-state index in [0.29, 0.717) is 0 Å². The van der Waals surface area contributed by atoms with Crippen LogP contribution in [0.5, 0.6) is 5.75 Å². The molecule has 1 aromatic carbocycles. The van der Waals surface area contributed by atoms with Gasteiger partial charge >= 0.3 is 0 Å². The van der Waals surface area contributed by atoms with Crippen LogP contribution in [0.2, 0.25) is 0 Å². The van der Waals surface area contributed by atoms with Crippen LogP contribution in [-0.4, -0.2) is 6.61 Å². The van der Waals surface area contributed by atoms with Crippen molar-refractivity contribution in [1.82, 2.24) is 0 Å². The molecular formula is C9H5FN2O. The third-order valence-electron chi connectivity index (χ3n) is 1.36. The summed E-state index contributed by atoms with van der Waals surface area (Å²) >= 11 is 0. The largest absolute Gasteiger partial charge is 0.479 e. The molecule has 0 atom stereocenters.